The number of hydrogen-bond donors (Lipinski definition) is 0. The minimum Gasteiger partial charge on any atom is -0.495 e. The molecule has 3 heteroatoms. The van der Waals surface area contributed by atoms with Crippen molar-refractivity contribution >= 4 is 16.7 Å². The minimum atomic E-state index is 0.0426. The molecule has 3 rings (SSSR count). The van der Waals surface area contributed by atoms with Crippen LogP contribution in [-0.2, 0) is 6.54 Å². The molecule has 0 unspecified atom stereocenters. The molecule has 0 amide bonds. The monoisotopic (exact) mass is 279 g/mol. The average Bonchev–Trinajstić information content (AvgIpc) is 2.94. The van der Waals surface area contributed by atoms with Gasteiger partial charge >= 0.3 is 0 Å². The fraction of sp³-hybridized carbons (Fsp3) is 0.167. The van der Waals surface area contributed by atoms with Crippen molar-refractivity contribution in [3.05, 3.63) is 65.9 Å². The maximum atomic E-state index is 12.7. The van der Waals surface area contributed by atoms with Crippen molar-refractivity contribution < 1.29 is 9.53 Å². The van der Waals surface area contributed by atoms with E-state index in [1.807, 2.05) is 54.7 Å². The van der Waals surface area contributed by atoms with Gasteiger partial charge in [0, 0.05) is 29.3 Å². The number of methoxy groups -OCH3 is 1. The fourth-order valence-electron chi connectivity index (χ4n) is 2.67. The predicted molar refractivity (Wildman–Crippen MR) is 84.0 cm³/mol. The van der Waals surface area contributed by atoms with Crippen LogP contribution in [0.15, 0.2) is 54.7 Å². The zero-order valence-corrected chi connectivity index (χ0v) is 12.2. The molecule has 0 radical (unpaired) electrons. The summed E-state index contributed by atoms with van der Waals surface area (Å²) in [4.78, 5) is 12.7. The van der Waals surface area contributed by atoms with Crippen LogP contribution < -0.4 is 4.74 Å². The van der Waals surface area contributed by atoms with Crippen LogP contribution in [0.5, 0.6) is 5.75 Å². The summed E-state index contributed by atoms with van der Waals surface area (Å²) in [5.74, 6) is 0.836. The lowest BCUT2D eigenvalue weighted by Gasteiger charge is -2.06. The van der Waals surface area contributed by atoms with E-state index in [4.69, 9.17) is 4.74 Å². The lowest BCUT2D eigenvalue weighted by molar-refractivity contribution is 0.104. The van der Waals surface area contributed by atoms with E-state index in [0.29, 0.717) is 5.56 Å². The highest BCUT2D eigenvalue weighted by molar-refractivity contribution is 6.17. The first-order valence-corrected chi connectivity index (χ1v) is 7.02. The van der Waals surface area contributed by atoms with Gasteiger partial charge in [0.15, 0.2) is 5.78 Å². The van der Waals surface area contributed by atoms with Crippen LogP contribution >= 0.6 is 0 Å². The van der Waals surface area contributed by atoms with Gasteiger partial charge in [0.2, 0.25) is 0 Å². The van der Waals surface area contributed by atoms with Crippen LogP contribution in [0.1, 0.15) is 22.8 Å². The molecular weight excluding hydrogens is 262 g/mol. The first kappa shape index (κ1) is 13.4. The second-order valence-corrected chi connectivity index (χ2v) is 4.88. The molecule has 0 N–H and O–H groups in total. The van der Waals surface area contributed by atoms with Crippen molar-refractivity contribution in [1.29, 1.82) is 0 Å². The fourth-order valence-corrected chi connectivity index (χ4v) is 2.67. The smallest absolute Gasteiger partial charge is 0.195 e. The topological polar surface area (TPSA) is 31.2 Å². The van der Waals surface area contributed by atoms with E-state index in [1.165, 1.54) is 0 Å². The number of ether oxygens (including phenoxy) is 1. The second-order valence-electron chi connectivity index (χ2n) is 4.88. The zero-order chi connectivity index (χ0) is 14.8. The summed E-state index contributed by atoms with van der Waals surface area (Å²) < 4.78 is 7.50. The number of rotatable bonds is 4. The summed E-state index contributed by atoms with van der Waals surface area (Å²) in [6.45, 7) is 2.85. The van der Waals surface area contributed by atoms with E-state index in [2.05, 4.69) is 11.5 Å². The van der Waals surface area contributed by atoms with E-state index < -0.39 is 0 Å². The molecule has 0 atom stereocenters. The van der Waals surface area contributed by atoms with E-state index in [-0.39, 0.29) is 5.78 Å². The summed E-state index contributed by atoms with van der Waals surface area (Å²) in [7, 11) is 1.65. The number of hydrogen-bond acceptors (Lipinski definition) is 2. The summed E-state index contributed by atoms with van der Waals surface area (Å²) >= 11 is 0. The van der Waals surface area contributed by atoms with Gasteiger partial charge in [0.05, 0.1) is 12.6 Å². The molecule has 1 heterocycles. The standard InChI is InChI=1S/C18H17NO2/c1-3-19-12-15(18(20)13-8-5-4-6-9-13)14-10-7-11-16(21-2)17(14)19/h4-12H,3H2,1-2H3. The molecule has 0 aliphatic rings. The molecule has 0 aliphatic heterocycles. The van der Waals surface area contributed by atoms with Gasteiger partial charge in [0.1, 0.15) is 5.75 Å². The number of nitrogens with zero attached hydrogens (tertiary/aromatic N) is 1. The highest BCUT2D eigenvalue weighted by Gasteiger charge is 2.18. The molecular formula is C18H17NO2. The Bertz CT molecular complexity index is 788. The van der Waals surface area contributed by atoms with Crippen molar-refractivity contribution in [2.45, 2.75) is 13.5 Å². The van der Waals surface area contributed by atoms with Gasteiger partial charge in [-0.2, -0.15) is 0 Å². The molecule has 21 heavy (non-hydrogen) atoms. The third kappa shape index (κ3) is 2.21. The van der Waals surface area contributed by atoms with Crippen LogP contribution in [0.25, 0.3) is 10.9 Å². The molecule has 0 saturated heterocycles. The van der Waals surface area contributed by atoms with Gasteiger partial charge in [-0.1, -0.05) is 42.5 Å². The van der Waals surface area contributed by atoms with Crippen LogP contribution in [0.3, 0.4) is 0 Å². The van der Waals surface area contributed by atoms with Crippen LogP contribution in [-0.4, -0.2) is 17.5 Å². The van der Waals surface area contributed by atoms with Crippen LogP contribution in [0.2, 0.25) is 0 Å². The molecule has 0 bridgehead atoms. The van der Waals surface area contributed by atoms with Gasteiger partial charge < -0.3 is 9.30 Å². The molecule has 0 aliphatic carbocycles. The van der Waals surface area contributed by atoms with Gasteiger partial charge in [-0.15, -0.1) is 0 Å². The zero-order valence-electron chi connectivity index (χ0n) is 12.2. The Morgan fingerprint density at radius 1 is 1.10 bits per heavy atom. The molecule has 0 fully saturated rings. The number of para-hydroxylation sites is 1. The Morgan fingerprint density at radius 2 is 1.86 bits per heavy atom. The van der Waals surface area contributed by atoms with Gasteiger partial charge in [0.25, 0.3) is 0 Å². The molecule has 2 aromatic carbocycles. The predicted octanol–water partition coefficient (Wildman–Crippen LogP) is 3.90. The maximum Gasteiger partial charge on any atom is 0.195 e. The van der Waals surface area contributed by atoms with Gasteiger partial charge in [-0.05, 0) is 13.0 Å². The van der Waals surface area contributed by atoms with Crippen molar-refractivity contribution in [3.63, 3.8) is 0 Å². The third-order valence-corrected chi connectivity index (χ3v) is 3.70. The number of carbonyl (C=O) groups excluding carboxylic acids is 1. The lowest BCUT2D eigenvalue weighted by Crippen LogP contribution is -2.00. The number of ketones is 1. The van der Waals surface area contributed by atoms with E-state index in [9.17, 15) is 4.79 Å². The largest absolute Gasteiger partial charge is 0.495 e. The lowest BCUT2D eigenvalue weighted by atomic mass is 10.0. The van der Waals surface area contributed by atoms with Crippen molar-refractivity contribution in [3.8, 4) is 5.75 Å². The Hall–Kier alpha value is -2.55. The number of carbonyl (C=O) groups is 1. The number of benzene rings is 2. The van der Waals surface area contributed by atoms with Crippen LogP contribution in [0, 0.1) is 0 Å². The quantitative estimate of drug-likeness (QED) is 0.678. The SMILES string of the molecule is CCn1cc(C(=O)c2ccccc2)c2cccc(OC)c21. The van der Waals surface area contributed by atoms with Gasteiger partial charge in [-0.3, -0.25) is 4.79 Å². The number of aromatic nitrogens is 1. The van der Waals surface area contributed by atoms with E-state index in [0.717, 1.165) is 28.8 Å². The molecule has 3 nitrogen and oxygen atoms in total. The van der Waals surface area contributed by atoms with E-state index in [1.54, 1.807) is 7.11 Å². The van der Waals surface area contributed by atoms with Gasteiger partial charge in [-0.25, -0.2) is 0 Å². The summed E-state index contributed by atoms with van der Waals surface area (Å²) in [6, 6.07) is 15.2. The Morgan fingerprint density at radius 3 is 2.52 bits per heavy atom. The minimum absolute atomic E-state index is 0.0426. The number of aryl methyl sites for hydroxylation is 1. The summed E-state index contributed by atoms with van der Waals surface area (Å²) in [6.07, 6.45) is 1.92. The Balaban J connectivity index is 2.22. The Labute approximate surface area is 123 Å². The van der Waals surface area contributed by atoms with E-state index >= 15 is 0 Å². The van der Waals surface area contributed by atoms with Crippen molar-refractivity contribution in [1.82, 2.24) is 4.57 Å². The first-order chi connectivity index (χ1) is 10.3. The third-order valence-electron chi connectivity index (χ3n) is 3.70. The van der Waals surface area contributed by atoms with Crippen molar-refractivity contribution in [2.75, 3.05) is 7.11 Å². The molecule has 3 aromatic rings. The summed E-state index contributed by atoms with van der Waals surface area (Å²) in [5.41, 5.74) is 2.40. The highest BCUT2D eigenvalue weighted by Crippen LogP contribution is 2.31. The second kappa shape index (κ2) is 5.44. The van der Waals surface area contributed by atoms with Crippen molar-refractivity contribution in [2.24, 2.45) is 0 Å². The summed E-state index contributed by atoms with van der Waals surface area (Å²) in [5, 5.41) is 0.935. The molecule has 0 spiro atoms. The molecule has 1 aromatic heterocycles. The normalized spacial score (nSPS) is 10.8. The maximum absolute atomic E-state index is 12.7. The Kier molecular flexibility index (Phi) is 3.48. The first-order valence-electron chi connectivity index (χ1n) is 7.02. The number of fused-ring (bicyclic) bond motifs is 1. The van der Waals surface area contributed by atoms with Crippen LogP contribution in [0.4, 0.5) is 0 Å². The molecule has 0 saturated carbocycles. The molecule has 106 valence electrons. The average molecular weight is 279 g/mol. The highest BCUT2D eigenvalue weighted by atomic mass is 16.5.